The third-order valence-corrected chi connectivity index (χ3v) is 2.86. The predicted octanol–water partition coefficient (Wildman–Crippen LogP) is 3.45. The molecule has 0 bridgehead atoms. The monoisotopic (exact) mass is 215 g/mol. The third kappa shape index (κ3) is 3.29. The van der Waals surface area contributed by atoms with Gasteiger partial charge in [0.25, 0.3) is 0 Å². The first-order valence-electron chi connectivity index (χ1n) is 6.07. The van der Waals surface area contributed by atoms with Gasteiger partial charge in [-0.3, -0.25) is 0 Å². The van der Waals surface area contributed by atoms with Crippen LogP contribution in [0.2, 0.25) is 0 Å². The van der Waals surface area contributed by atoms with Crippen LogP contribution < -0.4 is 0 Å². The van der Waals surface area contributed by atoms with Gasteiger partial charge in [-0.25, -0.2) is 0 Å². The quantitative estimate of drug-likeness (QED) is 0.651. The second kappa shape index (κ2) is 5.42. The third-order valence-electron chi connectivity index (χ3n) is 2.86. The summed E-state index contributed by atoms with van der Waals surface area (Å²) in [6.45, 7) is 10.8. The fraction of sp³-hybridized carbons (Fsp3) is 0.571. The smallest absolute Gasteiger partial charge is 0.226 e. The van der Waals surface area contributed by atoms with Gasteiger partial charge in [0.05, 0.1) is 0 Å². The standard InChI is InChI=1S/C14H22BN/c1-10(2)13-6-7-14(9-12(5)8-13)16(15)11(3)4/h6-12H,1-5H3. The first kappa shape index (κ1) is 13.2. The highest BCUT2D eigenvalue weighted by molar-refractivity contribution is 6.06. The SMILES string of the molecule is [B]N(C1=CC(C)C=C(C(C)C)C=C1)C(C)C. The molecule has 0 heterocycles. The molecule has 0 aromatic heterocycles. The topological polar surface area (TPSA) is 3.24 Å². The summed E-state index contributed by atoms with van der Waals surface area (Å²) < 4.78 is 0. The molecule has 0 saturated carbocycles. The van der Waals surface area contributed by atoms with Crippen molar-refractivity contribution in [1.82, 2.24) is 4.81 Å². The molecule has 0 aromatic carbocycles. The number of hydrogen-bond acceptors (Lipinski definition) is 1. The molecule has 1 atom stereocenters. The van der Waals surface area contributed by atoms with E-state index in [4.69, 9.17) is 7.98 Å². The second-order valence-electron chi connectivity index (χ2n) is 5.11. The molecule has 1 rings (SSSR count). The predicted molar refractivity (Wildman–Crippen MR) is 72.0 cm³/mol. The van der Waals surface area contributed by atoms with Crippen LogP contribution in [0, 0.1) is 11.8 Å². The molecule has 0 amide bonds. The summed E-state index contributed by atoms with van der Waals surface area (Å²) in [4.78, 5) is 1.82. The molecule has 1 aliphatic rings. The zero-order valence-electron chi connectivity index (χ0n) is 11.1. The van der Waals surface area contributed by atoms with E-state index in [0.717, 1.165) is 5.70 Å². The molecule has 16 heavy (non-hydrogen) atoms. The Hall–Kier alpha value is -0.915. The minimum atomic E-state index is 0.323. The summed E-state index contributed by atoms with van der Waals surface area (Å²) in [7, 11) is 6.04. The van der Waals surface area contributed by atoms with E-state index >= 15 is 0 Å². The van der Waals surface area contributed by atoms with Crippen LogP contribution in [0.3, 0.4) is 0 Å². The number of nitrogens with zero attached hydrogens (tertiary/aromatic N) is 1. The normalized spacial score (nSPS) is 20.8. The lowest BCUT2D eigenvalue weighted by molar-refractivity contribution is 0.467. The summed E-state index contributed by atoms with van der Waals surface area (Å²) in [5.74, 6) is 1.00. The van der Waals surface area contributed by atoms with Gasteiger partial charge in [0.1, 0.15) is 0 Å². The van der Waals surface area contributed by atoms with Crippen LogP contribution >= 0.6 is 0 Å². The molecule has 2 heteroatoms. The van der Waals surface area contributed by atoms with Crippen molar-refractivity contribution in [1.29, 1.82) is 0 Å². The summed E-state index contributed by atoms with van der Waals surface area (Å²) >= 11 is 0. The summed E-state index contributed by atoms with van der Waals surface area (Å²) in [6, 6.07) is 0.323. The van der Waals surface area contributed by atoms with Crippen molar-refractivity contribution in [3.63, 3.8) is 0 Å². The van der Waals surface area contributed by atoms with Crippen molar-refractivity contribution in [3.8, 4) is 0 Å². The van der Waals surface area contributed by atoms with Crippen LogP contribution in [0.4, 0.5) is 0 Å². The molecule has 1 unspecified atom stereocenters. The summed E-state index contributed by atoms with van der Waals surface area (Å²) in [6.07, 6.45) is 8.83. The molecular weight excluding hydrogens is 193 g/mol. The number of rotatable bonds is 3. The Morgan fingerprint density at radius 1 is 1.12 bits per heavy atom. The Labute approximate surface area is 101 Å². The first-order chi connectivity index (χ1) is 7.41. The Kier molecular flexibility index (Phi) is 4.46. The van der Waals surface area contributed by atoms with Crippen molar-refractivity contribution in [3.05, 3.63) is 35.6 Å². The van der Waals surface area contributed by atoms with E-state index in [0.29, 0.717) is 17.9 Å². The van der Waals surface area contributed by atoms with Gasteiger partial charge in [0.15, 0.2) is 0 Å². The molecule has 2 radical (unpaired) electrons. The van der Waals surface area contributed by atoms with Crippen LogP contribution in [-0.2, 0) is 0 Å². The minimum Gasteiger partial charge on any atom is -0.423 e. The summed E-state index contributed by atoms with van der Waals surface area (Å²) in [5, 5.41) is 0. The van der Waals surface area contributed by atoms with Gasteiger partial charge in [-0.15, -0.1) is 0 Å². The maximum absolute atomic E-state index is 6.04. The number of allylic oxidation sites excluding steroid dienone is 5. The fourth-order valence-electron chi connectivity index (χ4n) is 1.77. The lowest BCUT2D eigenvalue weighted by Crippen LogP contribution is -2.26. The Balaban J connectivity index is 2.91. The molecule has 0 aliphatic heterocycles. The van der Waals surface area contributed by atoms with Crippen LogP contribution in [0.5, 0.6) is 0 Å². The van der Waals surface area contributed by atoms with E-state index in [1.165, 1.54) is 5.57 Å². The van der Waals surface area contributed by atoms with Gasteiger partial charge in [0, 0.05) is 11.7 Å². The van der Waals surface area contributed by atoms with E-state index in [1.807, 2.05) is 4.81 Å². The lowest BCUT2D eigenvalue weighted by atomic mass is 9.99. The van der Waals surface area contributed by atoms with Crippen molar-refractivity contribution < 1.29 is 0 Å². The van der Waals surface area contributed by atoms with Crippen LogP contribution in [0.25, 0.3) is 0 Å². The van der Waals surface area contributed by atoms with Gasteiger partial charge in [-0.05, 0) is 37.3 Å². The number of hydrogen-bond donors (Lipinski definition) is 0. The molecule has 86 valence electrons. The van der Waals surface area contributed by atoms with E-state index in [-0.39, 0.29) is 0 Å². The first-order valence-corrected chi connectivity index (χ1v) is 6.07. The molecule has 0 fully saturated rings. The fourth-order valence-corrected chi connectivity index (χ4v) is 1.77. The second-order valence-corrected chi connectivity index (χ2v) is 5.11. The Bertz CT molecular complexity index is 324. The zero-order chi connectivity index (χ0) is 12.3. The highest BCUT2D eigenvalue weighted by Crippen LogP contribution is 2.22. The van der Waals surface area contributed by atoms with Crippen molar-refractivity contribution >= 4 is 7.98 Å². The van der Waals surface area contributed by atoms with Crippen molar-refractivity contribution in [2.45, 2.75) is 40.7 Å². The Morgan fingerprint density at radius 2 is 1.75 bits per heavy atom. The van der Waals surface area contributed by atoms with Gasteiger partial charge >= 0.3 is 0 Å². The average Bonchev–Trinajstić information content (AvgIpc) is 2.38. The van der Waals surface area contributed by atoms with E-state index in [1.54, 1.807) is 0 Å². The Morgan fingerprint density at radius 3 is 2.25 bits per heavy atom. The molecule has 1 nitrogen and oxygen atoms in total. The molecular formula is C14H22BN. The van der Waals surface area contributed by atoms with Gasteiger partial charge in [-0.1, -0.05) is 39.0 Å². The highest BCUT2D eigenvalue weighted by Gasteiger charge is 2.11. The zero-order valence-corrected chi connectivity index (χ0v) is 11.1. The minimum absolute atomic E-state index is 0.323. The molecule has 0 spiro atoms. The highest BCUT2D eigenvalue weighted by atomic mass is 15.1. The maximum atomic E-state index is 6.04. The van der Waals surface area contributed by atoms with Gasteiger partial charge in [0.2, 0.25) is 7.98 Å². The van der Waals surface area contributed by atoms with Crippen LogP contribution in [0.15, 0.2) is 35.6 Å². The lowest BCUT2D eigenvalue weighted by Gasteiger charge is -2.26. The van der Waals surface area contributed by atoms with Crippen LogP contribution in [-0.4, -0.2) is 18.8 Å². The molecule has 1 aliphatic carbocycles. The molecule has 0 saturated heterocycles. The van der Waals surface area contributed by atoms with Crippen molar-refractivity contribution in [2.75, 3.05) is 0 Å². The van der Waals surface area contributed by atoms with Gasteiger partial charge in [-0.2, -0.15) is 0 Å². The molecule has 0 aromatic rings. The van der Waals surface area contributed by atoms with Gasteiger partial charge < -0.3 is 4.81 Å². The van der Waals surface area contributed by atoms with E-state index in [2.05, 4.69) is 58.9 Å². The molecule has 0 N–H and O–H groups in total. The van der Waals surface area contributed by atoms with Crippen molar-refractivity contribution in [2.24, 2.45) is 11.8 Å². The average molecular weight is 215 g/mol. The maximum Gasteiger partial charge on any atom is 0.226 e. The van der Waals surface area contributed by atoms with E-state index in [9.17, 15) is 0 Å². The summed E-state index contributed by atoms with van der Waals surface area (Å²) in [5.41, 5.74) is 2.49. The van der Waals surface area contributed by atoms with Crippen LogP contribution in [0.1, 0.15) is 34.6 Å². The largest absolute Gasteiger partial charge is 0.423 e. The van der Waals surface area contributed by atoms with E-state index < -0.39 is 0 Å².